The molecule has 48 heavy (non-hydrogen) atoms. The second kappa shape index (κ2) is 12.4. The summed E-state index contributed by atoms with van der Waals surface area (Å²) in [6.45, 7) is 7.81. The van der Waals surface area contributed by atoms with Crippen LogP contribution >= 0.6 is 0 Å². The number of nitrogens with one attached hydrogen (secondary N) is 1. The van der Waals surface area contributed by atoms with Crippen LogP contribution in [0, 0.1) is 6.92 Å². The molecule has 0 spiro atoms. The van der Waals surface area contributed by atoms with Gasteiger partial charge in [-0.3, -0.25) is 9.78 Å². The fraction of sp³-hybridized carbons (Fsp3) is 0.150. The van der Waals surface area contributed by atoms with Gasteiger partial charge in [0.1, 0.15) is 19.0 Å². The average Bonchev–Trinajstić information content (AvgIpc) is 3.97. The first-order valence-corrected chi connectivity index (χ1v) is 15.8. The van der Waals surface area contributed by atoms with Crippen molar-refractivity contribution >= 4 is 39.9 Å². The largest absolute Gasteiger partial charge is 0.489 e. The van der Waals surface area contributed by atoms with Gasteiger partial charge in [-0.25, -0.2) is 8.78 Å². The van der Waals surface area contributed by atoms with Gasteiger partial charge in [0.25, 0.3) is 5.92 Å². The van der Waals surface area contributed by atoms with E-state index in [0.29, 0.717) is 18.0 Å². The highest BCUT2D eigenvalue weighted by Gasteiger charge is 2.31. The number of anilines is 3. The minimum absolute atomic E-state index is 0.0462. The zero-order valence-electron chi connectivity index (χ0n) is 26.6. The number of aromatic nitrogens is 1. The molecule has 0 aliphatic carbocycles. The van der Waals surface area contributed by atoms with Crippen LogP contribution in [-0.4, -0.2) is 17.5 Å². The number of alkyl halides is 2. The topological polar surface area (TPSA) is 67.0 Å². The SMILES string of the molecule is C=CC(=O)Nc1cc(N2C(=C3CO3)C=Cc3cnc4ccc(-c5ccc(COc6cccc(C(F)(F)CC)c6)cc5)cc4c32)ccc1C. The Bertz CT molecular complexity index is 2130. The zero-order valence-corrected chi connectivity index (χ0v) is 26.6. The highest BCUT2D eigenvalue weighted by atomic mass is 19.3. The van der Waals surface area contributed by atoms with E-state index in [2.05, 4.69) is 28.9 Å². The molecule has 240 valence electrons. The number of hydrogen-bond donors (Lipinski definition) is 1. The summed E-state index contributed by atoms with van der Waals surface area (Å²) in [6, 6.07) is 26.3. The molecule has 1 aromatic heterocycles. The molecule has 6 nitrogen and oxygen atoms in total. The second-order valence-electron chi connectivity index (χ2n) is 11.8. The van der Waals surface area contributed by atoms with Crippen molar-refractivity contribution in [2.75, 3.05) is 16.8 Å². The van der Waals surface area contributed by atoms with Crippen LogP contribution in [0.1, 0.15) is 35.6 Å². The Morgan fingerprint density at radius 1 is 1.04 bits per heavy atom. The Morgan fingerprint density at radius 3 is 2.58 bits per heavy atom. The van der Waals surface area contributed by atoms with Crippen LogP contribution in [0.3, 0.4) is 0 Å². The molecule has 1 fully saturated rings. The number of hydrogen-bond acceptors (Lipinski definition) is 5. The minimum atomic E-state index is -2.89. The monoisotopic (exact) mass is 641 g/mol. The Hall–Kier alpha value is -5.76. The summed E-state index contributed by atoms with van der Waals surface area (Å²) in [4.78, 5) is 19.1. The van der Waals surface area contributed by atoms with Crippen LogP contribution in [0.2, 0.25) is 0 Å². The molecular formula is C40H33F2N3O3. The van der Waals surface area contributed by atoms with Gasteiger partial charge < -0.3 is 19.7 Å². The summed E-state index contributed by atoms with van der Waals surface area (Å²) >= 11 is 0. The Kier molecular flexibility index (Phi) is 8.01. The normalized spacial score (nSPS) is 15.1. The van der Waals surface area contributed by atoms with Crippen LogP contribution in [-0.2, 0) is 22.1 Å². The number of epoxide rings is 1. The van der Waals surface area contributed by atoms with Crippen molar-refractivity contribution in [3.63, 3.8) is 0 Å². The third kappa shape index (κ3) is 6.05. The maximum atomic E-state index is 14.2. The van der Waals surface area contributed by atoms with Crippen LogP contribution in [0.25, 0.3) is 28.1 Å². The third-order valence-electron chi connectivity index (χ3n) is 8.64. The molecule has 0 radical (unpaired) electrons. The molecule has 8 heteroatoms. The number of benzene rings is 4. The van der Waals surface area contributed by atoms with E-state index in [0.717, 1.165) is 61.6 Å². The molecule has 7 rings (SSSR count). The number of fused-ring (bicyclic) bond motifs is 3. The molecule has 0 saturated carbocycles. The molecular weight excluding hydrogens is 608 g/mol. The molecule has 2 aliphatic rings. The van der Waals surface area contributed by atoms with E-state index < -0.39 is 5.92 Å². The van der Waals surface area contributed by atoms with Gasteiger partial charge in [0.05, 0.1) is 16.9 Å². The van der Waals surface area contributed by atoms with Crippen molar-refractivity contribution in [3.8, 4) is 16.9 Å². The van der Waals surface area contributed by atoms with Crippen molar-refractivity contribution in [2.24, 2.45) is 0 Å². The minimum Gasteiger partial charge on any atom is -0.489 e. The van der Waals surface area contributed by atoms with E-state index in [1.54, 1.807) is 12.1 Å². The van der Waals surface area contributed by atoms with Crippen molar-refractivity contribution in [2.45, 2.75) is 32.8 Å². The van der Waals surface area contributed by atoms with Crippen molar-refractivity contribution < 1.29 is 23.0 Å². The first-order chi connectivity index (χ1) is 23.2. The Balaban J connectivity index is 1.21. The fourth-order valence-electron chi connectivity index (χ4n) is 5.82. The molecule has 0 atom stereocenters. The number of amides is 1. The molecule has 1 saturated heterocycles. The molecule has 0 unspecified atom stereocenters. The van der Waals surface area contributed by atoms with Gasteiger partial charge in [0, 0.05) is 40.5 Å². The third-order valence-corrected chi connectivity index (χ3v) is 8.64. The van der Waals surface area contributed by atoms with Gasteiger partial charge in [-0.1, -0.05) is 62.0 Å². The number of ether oxygens (including phenoxy) is 2. The molecule has 1 amide bonds. The summed E-state index contributed by atoms with van der Waals surface area (Å²) in [5.41, 5.74) is 9.08. The number of nitrogens with zero attached hydrogens (tertiary/aromatic N) is 2. The second-order valence-corrected chi connectivity index (χ2v) is 11.8. The van der Waals surface area contributed by atoms with Crippen molar-refractivity contribution in [1.82, 2.24) is 4.98 Å². The fourth-order valence-corrected chi connectivity index (χ4v) is 5.82. The first kappa shape index (κ1) is 30.9. The van der Waals surface area contributed by atoms with Crippen LogP contribution < -0.4 is 15.0 Å². The molecule has 0 bridgehead atoms. The molecule has 3 heterocycles. The number of halogens is 2. The summed E-state index contributed by atoms with van der Waals surface area (Å²) in [5, 5.41) is 3.88. The molecule has 1 N–H and O–H groups in total. The molecule has 2 aliphatic heterocycles. The summed E-state index contributed by atoms with van der Waals surface area (Å²) in [5.74, 6) is -1.87. The maximum Gasteiger partial charge on any atom is 0.273 e. The van der Waals surface area contributed by atoms with Gasteiger partial charge in [-0.05, 0) is 83.8 Å². The lowest BCUT2D eigenvalue weighted by molar-refractivity contribution is -0.111. The number of allylic oxidation sites excluding steroid dienone is 1. The van der Waals surface area contributed by atoms with Gasteiger partial charge in [0.2, 0.25) is 5.91 Å². The van der Waals surface area contributed by atoms with Crippen molar-refractivity contribution in [3.05, 3.63) is 144 Å². The van der Waals surface area contributed by atoms with E-state index in [1.807, 2.05) is 73.8 Å². The summed E-state index contributed by atoms with van der Waals surface area (Å²) < 4.78 is 39.9. The lowest BCUT2D eigenvalue weighted by atomic mass is 9.97. The van der Waals surface area contributed by atoms with Gasteiger partial charge in [-0.15, -0.1) is 0 Å². The predicted molar refractivity (Wildman–Crippen MR) is 186 cm³/mol. The van der Waals surface area contributed by atoms with Crippen LogP contribution in [0.15, 0.2) is 121 Å². The van der Waals surface area contributed by atoms with Gasteiger partial charge in [-0.2, -0.15) is 0 Å². The first-order valence-electron chi connectivity index (χ1n) is 15.8. The van der Waals surface area contributed by atoms with Crippen LogP contribution in [0.4, 0.5) is 25.8 Å². The van der Waals surface area contributed by atoms with Crippen LogP contribution in [0.5, 0.6) is 5.75 Å². The van der Waals surface area contributed by atoms with E-state index in [4.69, 9.17) is 14.5 Å². The molecule has 5 aromatic rings. The lowest BCUT2D eigenvalue weighted by Crippen LogP contribution is -2.20. The summed E-state index contributed by atoms with van der Waals surface area (Å²) in [7, 11) is 0. The van der Waals surface area contributed by atoms with E-state index >= 15 is 0 Å². The van der Waals surface area contributed by atoms with Crippen molar-refractivity contribution in [1.29, 1.82) is 0 Å². The molecule has 4 aromatic carbocycles. The van der Waals surface area contributed by atoms with E-state index in [1.165, 1.54) is 25.1 Å². The quantitative estimate of drug-likeness (QED) is 0.128. The number of pyridine rings is 1. The number of carbonyl (C=O) groups excluding carboxylic acids is 1. The smallest absolute Gasteiger partial charge is 0.273 e. The standard InChI is InChI=1S/C40H33F2N3O3/c1-4-38(46)44-35-21-31(16-9-25(35)3)45-36(37-24-48-37)18-15-29-22-43-34-17-14-28(19-33(34)39(29)45)27-12-10-26(11-13-27)23-47-32-8-6-7-30(20-32)40(41,42)5-2/h4,6-22H,1,5,23-24H2,2-3H3,(H,44,46). The Labute approximate surface area is 277 Å². The maximum absolute atomic E-state index is 14.2. The van der Waals surface area contributed by atoms with Gasteiger partial charge >= 0.3 is 0 Å². The zero-order chi connectivity index (χ0) is 33.4. The highest BCUT2D eigenvalue weighted by molar-refractivity contribution is 6.04. The Morgan fingerprint density at radius 2 is 1.83 bits per heavy atom. The predicted octanol–water partition coefficient (Wildman–Crippen LogP) is 9.82. The number of aryl methyl sites for hydroxylation is 1. The van der Waals surface area contributed by atoms with E-state index in [9.17, 15) is 13.6 Å². The average molecular weight is 642 g/mol. The number of carbonyl (C=O) groups is 1. The lowest BCUT2D eigenvalue weighted by Gasteiger charge is -2.31. The summed E-state index contributed by atoms with van der Waals surface area (Å²) in [6.07, 6.45) is 6.95. The van der Waals surface area contributed by atoms with Gasteiger partial charge in [0.15, 0.2) is 5.76 Å². The van der Waals surface area contributed by atoms with E-state index in [-0.39, 0.29) is 24.5 Å². The highest BCUT2D eigenvalue weighted by Crippen LogP contribution is 2.45. The number of rotatable bonds is 9.